The van der Waals surface area contributed by atoms with Gasteiger partial charge in [0, 0.05) is 0 Å². The van der Waals surface area contributed by atoms with Gasteiger partial charge in [0.1, 0.15) is 0 Å². The van der Waals surface area contributed by atoms with Gasteiger partial charge in [0.05, 0.1) is 4.90 Å². The molecule has 0 spiro atoms. The molecule has 1 aliphatic carbocycles. The minimum Gasteiger partial charge on any atom is -0.299 e. The first-order valence-corrected chi connectivity index (χ1v) is 6.17. The van der Waals surface area contributed by atoms with Crippen LogP contribution < -0.4 is 5.73 Å². The molecule has 0 bridgehead atoms. The minimum atomic E-state index is -4.02. The SMILES string of the molecule is Cc1ccc(S(=O)(=O)O)cc1.NC1(F)CC1. The third-order valence-corrected chi connectivity index (χ3v) is 2.91. The van der Waals surface area contributed by atoms with E-state index in [1.165, 1.54) is 12.1 Å². The molecule has 0 aromatic heterocycles. The molecule has 0 heterocycles. The maximum absolute atomic E-state index is 11.6. The Hall–Kier alpha value is -0.980. The highest BCUT2D eigenvalue weighted by Gasteiger charge is 2.37. The van der Waals surface area contributed by atoms with Crippen molar-refractivity contribution in [2.75, 3.05) is 0 Å². The highest BCUT2D eigenvalue weighted by molar-refractivity contribution is 7.85. The summed E-state index contributed by atoms with van der Waals surface area (Å²) in [6.45, 7) is 1.84. The fraction of sp³-hybridized carbons (Fsp3) is 0.400. The quantitative estimate of drug-likeness (QED) is 0.584. The molecule has 90 valence electrons. The van der Waals surface area contributed by atoms with Gasteiger partial charge in [-0.15, -0.1) is 0 Å². The Balaban J connectivity index is 0.000000212. The van der Waals surface area contributed by atoms with Crippen LogP contribution in [0.3, 0.4) is 0 Å². The van der Waals surface area contributed by atoms with Gasteiger partial charge in [-0.05, 0) is 31.9 Å². The van der Waals surface area contributed by atoms with Crippen LogP contribution in [0.5, 0.6) is 0 Å². The molecule has 0 unspecified atom stereocenters. The summed E-state index contributed by atoms with van der Waals surface area (Å²) in [5, 5.41) is 0. The summed E-state index contributed by atoms with van der Waals surface area (Å²) >= 11 is 0. The molecule has 6 heteroatoms. The summed E-state index contributed by atoms with van der Waals surface area (Å²) < 4.78 is 41.1. The van der Waals surface area contributed by atoms with Crippen LogP contribution in [0.25, 0.3) is 0 Å². The molecule has 0 saturated heterocycles. The van der Waals surface area contributed by atoms with E-state index in [4.69, 9.17) is 10.3 Å². The Morgan fingerprint density at radius 3 is 1.94 bits per heavy atom. The zero-order valence-corrected chi connectivity index (χ0v) is 9.67. The van der Waals surface area contributed by atoms with Crippen molar-refractivity contribution in [1.29, 1.82) is 0 Å². The molecule has 0 atom stereocenters. The standard InChI is InChI=1S/C7H8O3S.C3H6FN/c1-6-2-4-7(5-3-6)11(8,9)10;4-3(5)1-2-3/h2-5H,1H3,(H,8,9,10);1-2,5H2. The van der Waals surface area contributed by atoms with Gasteiger partial charge >= 0.3 is 0 Å². The Morgan fingerprint density at radius 2 is 1.69 bits per heavy atom. The van der Waals surface area contributed by atoms with Crippen LogP contribution in [0.4, 0.5) is 4.39 Å². The number of aryl methyl sites for hydroxylation is 1. The van der Waals surface area contributed by atoms with Crippen LogP contribution in [-0.2, 0) is 10.1 Å². The van der Waals surface area contributed by atoms with Gasteiger partial charge in [0.25, 0.3) is 10.1 Å². The van der Waals surface area contributed by atoms with E-state index in [-0.39, 0.29) is 4.90 Å². The molecule has 1 aromatic rings. The molecule has 1 saturated carbocycles. The van der Waals surface area contributed by atoms with E-state index in [0.29, 0.717) is 12.8 Å². The van der Waals surface area contributed by atoms with Crippen LogP contribution in [0, 0.1) is 6.92 Å². The average Bonchev–Trinajstić information content (AvgIpc) is 2.81. The summed E-state index contributed by atoms with van der Waals surface area (Å²) in [6, 6.07) is 5.99. The van der Waals surface area contributed by atoms with Crippen molar-refractivity contribution in [3.63, 3.8) is 0 Å². The maximum atomic E-state index is 11.6. The van der Waals surface area contributed by atoms with E-state index < -0.39 is 15.9 Å². The third-order valence-electron chi connectivity index (χ3n) is 2.05. The average molecular weight is 247 g/mol. The van der Waals surface area contributed by atoms with Gasteiger partial charge in [-0.25, -0.2) is 4.39 Å². The van der Waals surface area contributed by atoms with Crippen LogP contribution in [0.2, 0.25) is 0 Å². The number of hydrogen-bond donors (Lipinski definition) is 2. The summed E-state index contributed by atoms with van der Waals surface area (Å²) in [5.74, 6) is -1.25. The summed E-state index contributed by atoms with van der Waals surface area (Å²) in [4.78, 5) is -0.0666. The first-order chi connectivity index (χ1) is 7.21. The van der Waals surface area contributed by atoms with Gasteiger partial charge in [0.15, 0.2) is 5.79 Å². The summed E-state index contributed by atoms with van der Waals surface area (Å²) in [7, 11) is -4.02. The largest absolute Gasteiger partial charge is 0.299 e. The van der Waals surface area contributed by atoms with Gasteiger partial charge in [0.2, 0.25) is 0 Å². The lowest BCUT2D eigenvalue weighted by molar-refractivity contribution is 0.321. The Morgan fingerprint density at radius 1 is 1.31 bits per heavy atom. The number of nitrogens with two attached hydrogens (primary N) is 1. The zero-order chi connectivity index (χ0) is 12.4. The first-order valence-electron chi connectivity index (χ1n) is 4.73. The normalized spacial score (nSPS) is 17.2. The lowest BCUT2D eigenvalue weighted by Gasteiger charge is -1.95. The van der Waals surface area contributed by atoms with Crippen molar-refractivity contribution in [2.24, 2.45) is 5.73 Å². The highest BCUT2D eigenvalue weighted by atomic mass is 32.2. The number of alkyl halides is 1. The zero-order valence-electron chi connectivity index (χ0n) is 8.85. The second-order valence-electron chi connectivity index (χ2n) is 3.82. The molecule has 1 fully saturated rings. The van der Waals surface area contributed by atoms with E-state index in [9.17, 15) is 12.8 Å². The second-order valence-corrected chi connectivity index (χ2v) is 5.24. The lowest BCUT2D eigenvalue weighted by atomic mass is 10.2. The molecular weight excluding hydrogens is 233 g/mol. The third kappa shape index (κ3) is 4.69. The molecule has 0 aliphatic heterocycles. The minimum absolute atomic E-state index is 0.0666. The molecule has 16 heavy (non-hydrogen) atoms. The van der Waals surface area contributed by atoms with E-state index in [1.807, 2.05) is 6.92 Å². The van der Waals surface area contributed by atoms with Gasteiger partial charge in [-0.1, -0.05) is 17.7 Å². The Labute approximate surface area is 94.0 Å². The molecule has 3 N–H and O–H groups in total. The van der Waals surface area contributed by atoms with Crippen LogP contribution in [0.15, 0.2) is 29.2 Å². The molecule has 1 aromatic carbocycles. The topological polar surface area (TPSA) is 80.4 Å². The lowest BCUT2D eigenvalue weighted by Crippen LogP contribution is -2.12. The first kappa shape index (κ1) is 13.1. The smallest absolute Gasteiger partial charge is 0.294 e. The Bertz CT molecular complexity index is 447. The predicted octanol–water partition coefficient (Wildman–Crippen LogP) is 1.65. The highest BCUT2D eigenvalue weighted by Crippen LogP contribution is 2.32. The van der Waals surface area contributed by atoms with Crippen molar-refractivity contribution in [2.45, 2.75) is 30.5 Å². The summed E-state index contributed by atoms with van der Waals surface area (Å²) in [6.07, 6.45) is 1.12. The van der Waals surface area contributed by atoms with E-state index >= 15 is 0 Å². The Kier molecular flexibility index (Phi) is 3.67. The number of rotatable bonds is 1. The number of halogens is 1. The molecule has 1 aliphatic rings. The summed E-state index contributed by atoms with van der Waals surface area (Å²) in [5.41, 5.74) is 5.75. The van der Waals surface area contributed by atoms with Gasteiger partial charge < -0.3 is 0 Å². The molecule has 2 rings (SSSR count). The fourth-order valence-corrected chi connectivity index (χ4v) is 1.31. The maximum Gasteiger partial charge on any atom is 0.294 e. The fourth-order valence-electron chi connectivity index (χ4n) is 0.830. The monoisotopic (exact) mass is 247 g/mol. The molecule has 4 nitrogen and oxygen atoms in total. The van der Waals surface area contributed by atoms with E-state index in [2.05, 4.69) is 0 Å². The number of hydrogen-bond acceptors (Lipinski definition) is 3. The second kappa shape index (κ2) is 4.48. The molecule has 0 amide bonds. The van der Waals surface area contributed by atoms with Crippen molar-refractivity contribution in [3.8, 4) is 0 Å². The molecule has 0 radical (unpaired) electrons. The van der Waals surface area contributed by atoms with Crippen LogP contribution >= 0.6 is 0 Å². The van der Waals surface area contributed by atoms with Gasteiger partial charge in [-0.2, -0.15) is 8.42 Å². The van der Waals surface area contributed by atoms with Crippen molar-refractivity contribution < 1.29 is 17.4 Å². The van der Waals surface area contributed by atoms with Crippen molar-refractivity contribution in [1.82, 2.24) is 0 Å². The predicted molar refractivity (Wildman–Crippen MR) is 58.3 cm³/mol. The van der Waals surface area contributed by atoms with Crippen molar-refractivity contribution in [3.05, 3.63) is 29.8 Å². The number of benzene rings is 1. The van der Waals surface area contributed by atoms with Crippen LogP contribution in [0.1, 0.15) is 18.4 Å². The van der Waals surface area contributed by atoms with Crippen molar-refractivity contribution >= 4 is 10.1 Å². The van der Waals surface area contributed by atoms with Gasteiger partial charge in [-0.3, -0.25) is 10.3 Å². The van der Waals surface area contributed by atoms with Crippen LogP contribution in [-0.4, -0.2) is 18.8 Å². The molecular formula is C10H14FNO3S. The van der Waals surface area contributed by atoms with E-state index in [1.54, 1.807) is 12.1 Å². The van der Waals surface area contributed by atoms with E-state index in [0.717, 1.165) is 5.56 Å².